The minimum absolute atomic E-state index is 0.109. The van der Waals surface area contributed by atoms with Gasteiger partial charge in [-0.25, -0.2) is 26.5 Å². The standard InChI is InChI=1S/C22H27N5O4S2/c1-15-8-6-9-17(16(15)2)18-14-21(27-22(23)26-18)24-12-7-13-25-33(30,31)20-11-5-4-10-19(20)32(3,28)29/h4-6,8-11,14,25H,7,12-13H2,1-3H3,(H3,23,24,26,27). The van der Waals surface area contributed by atoms with Gasteiger partial charge in [0.05, 0.1) is 10.6 Å². The molecule has 3 rings (SSSR count). The van der Waals surface area contributed by atoms with E-state index in [1.54, 1.807) is 6.07 Å². The Balaban J connectivity index is 1.63. The Morgan fingerprint density at radius 2 is 1.61 bits per heavy atom. The number of nitrogens with two attached hydrogens (primary N) is 1. The molecule has 0 aliphatic rings. The fourth-order valence-corrected chi connectivity index (χ4v) is 5.99. The lowest BCUT2D eigenvalue weighted by Gasteiger charge is -2.12. The lowest BCUT2D eigenvalue weighted by atomic mass is 10.0. The Kier molecular flexibility index (Phi) is 7.35. The van der Waals surface area contributed by atoms with Crippen LogP contribution in [0.4, 0.5) is 11.8 Å². The molecular weight excluding hydrogens is 462 g/mol. The van der Waals surface area contributed by atoms with Gasteiger partial charge in [0.25, 0.3) is 0 Å². The SMILES string of the molecule is Cc1cccc(-c2cc(NCCCNS(=O)(=O)c3ccccc3S(C)(=O)=O)nc(N)n2)c1C. The molecular formula is C22H27N5O4S2. The van der Waals surface area contributed by atoms with Crippen LogP contribution >= 0.6 is 0 Å². The molecule has 0 radical (unpaired) electrons. The van der Waals surface area contributed by atoms with E-state index in [0.717, 1.165) is 22.9 Å². The Bertz CT molecular complexity index is 1370. The second kappa shape index (κ2) is 9.86. The zero-order valence-electron chi connectivity index (χ0n) is 18.7. The maximum Gasteiger partial charge on any atom is 0.241 e. The first-order chi connectivity index (χ1) is 15.5. The molecule has 0 saturated heterocycles. The predicted octanol–water partition coefficient (Wildman–Crippen LogP) is 2.53. The average Bonchev–Trinajstić information content (AvgIpc) is 2.74. The Morgan fingerprint density at radius 1 is 0.909 bits per heavy atom. The van der Waals surface area contributed by atoms with E-state index in [1.807, 2.05) is 32.0 Å². The first-order valence-electron chi connectivity index (χ1n) is 10.2. The van der Waals surface area contributed by atoms with E-state index in [0.29, 0.717) is 24.5 Å². The molecule has 0 saturated carbocycles. The highest BCUT2D eigenvalue weighted by molar-refractivity contribution is 7.93. The van der Waals surface area contributed by atoms with E-state index in [-0.39, 0.29) is 22.3 Å². The van der Waals surface area contributed by atoms with Crippen molar-refractivity contribution in [1.82, 2.24) is 14.7 Å². The minimum Gasteiger partial charge on any atom is -0.370 e. The van der Waals surface area contributed by atoms with Crippen molar-refractivity contribution >= 4 is 31.6 Å². The maximum absolute atomic E-state index is 12.6. The van der Waals surface area contributed by atoms with Gasteiger partial charge in [0.15, 0.2) is 9.84 Å². The van der Waals surface area contributed by atoms with Crippen LogP contribution in [0.3, 0.4) is 0 Å². The summed E-state index contributed by atoms with van der Waals surface area (Å²) in [4.78, 5) is 8.03. The van der Waals surface area contributed by atoms with Crippen LogP contribution in [0.25, 0.3) is 11.3 Å². The van der Waals surface area contributed by atoms with Crippen LogP contribution in [0.1, 0.15) is 17.5 Å². The molecule has 176 valence electrons. The summed E-state index contributed by atoms with van der Waals surface area (Å²) in [5.41, 5.74) is 9.79. The molecule has 1 aromatic heterocycles. The van der Waals surface area contributed by atoms with Crippen LogP contribution in [0.5, 0.6) is 0 Å². The summed E-state index contributed by atoms with van der Waals surface area (Å²) in [6.45, 7) is 4.57. The van der Waals surface area contributed by atoms with Gasteiger partial charge in [-0.15, -0.1) is 0 Å². The monoisotopic (exact) mass is 489 g/mol. The Morgan fingerprint density at radius 3 is 2.30 bits per heavy atom. The minimum atomic E-state index is -3.98. The molecule has 33 heavy (non-hydrogen) atoms. The fraction of sp³-hybridized carbons (Fsp3) is 0.273. The number of hydrogen-bond acceptors (Lipinski definition) is 8. The summed E-state index contributed by atoms with van der Waals surface area (Å²) in [5.74, 6) is 0.665. The molecule has 11 heteroatoms. The highest BCUT2D eigenvalue weighted by Crippen LogP contribution is 2.26. The highest BCUT2D eigenvalue weighted by Gasteiger charge is 2.22. The largest absolute Gasteiger partial charge is 0.370 e. The van der Waals surface area contributed by atoms with E-state index >= 15 is 0 Å². The molecule has 0 unspecified atom stereocenters. The van der Waals surface area contributed by atoms with E-state index in [2.05, 4.69) is 20.0 Å². The molecule has 0 atom stereocenters. The number of sulfonamides is 1. The summed E-state index contributed by atoms with van der Waals surface area (Å²) in [7, 11) is -7.66. The van der Waals surface area contributed by atoms with Gasteiger partial charge in [-0.1, -0.05) is 30.3 Å². The van der Waals surface area contributed by atoms with Crippen LogP contribution in [-0.4, -0.2) is 46.1 Å². The smallest absolute Gasteiger partial charge is 0.241 e. The third-order valence-electron chi connectivity index (χ3n) is 5.11. The third kappa shape index (κ3) is 6.06. The molecule has 0 aliphatic carbocycles. The number of rotatable bonds is 9. The van der Waals surface area contributed by atoms with E-state index in [1.165, 1.54) is 24.3 Å². The van der Waals surface area contributed by atoms with Crippen molar-refractivity contribution < 1.29 is 16.8 Å². The van der Waals surface area contributed by atoms with Crippen LogP contribution in [0, 0.1) is 13.8 Å². The molecule has 3 aromatic rings. The molecule has 4 N–H and O–H groups in total. The van der Waals surface area contributed by atoms with Gasteiger partial charge in [0.1, 0.15) is 10.7 Å². The van der Waals surface area contributed by atoms with Crippen molar-refractivity contribution in [3.05, 3.63) is 59.7 Å². The number of hydrogen-bond donors (Lipinski definition) is 3. The summed E-state index contributed by atoms with van der Waals surface area (Å²) < 4.78 is 51.5. The van der Waals surface area contributed by atoms with E-state index in [4.69, 9.17) is 5.73 Å². The van der Waals surface area contributed by atoms with Gasteiger partial charge in [-0.3, -0.25) is 0 Å². The van der Waals surface area contributed by atoms with Crippen molar-refractivity contribution in [2.24, 2.45) is 0 Å². The van der Waals surface area contributed by atoms with Crippen molar-refractivity contribution in [1.29, 1.82) is 0 Å². The number of benzene rings is 2. The van der Waals surface area contributed by atoms with Gasteiger partial charge < -0.3 is 11.1 Å². The van der Waals surface area contributed by atoms with Gasteiger partial charge in [0, 0.05) is 31.0 Å². The van der Waals surface area contributed by atoms with Gasteiger partial charge in [0.2, 0.25) is 16.0 Å². The molecule has 0 fully saturated rings. The zero-order chi connectivity index (χ0) is 24.2. The zero-order valence-corrected chi connectivity index (χ0v) is 20.3. The van der Waals surface area contributed by atoms with Crippen LogP contribution in [0.2, 0.25) is 0 Å². The molecule has 0 spiro atoms. The highest BCUT2D eigenvalue weighted by atomic mass is 32.2. The quantitative estimate of drug-likeness (QED) is 0.389. The molecule has 0 aliphatic heterocycles. The molecule has 1 heterocycles. The number of anilines is 2. The van der Waals surface area contributed by atoms with Gasteiger partial charge >= 0.3 is 0 Å². The summed E-state index contributed by atoms with van der Waals surface area (Å²) >= 11 is 0. The topological polar surface area (TPSA) is 144 Å². The number of aromatic nitrogens is 2. The summed E-state index contributed by atoms with van der Waals surface area (Å²) in [6.07, 6.45) is 1.41. The maximum atomic E-state index is 12.6. The first-order valence-corrected chi connectivity index (χ1v) is 13.6. The van der Waals surface area contributed by atoms with Gasteiger partial charge in [-0.05, 0) is 43.5 Å². The van der Waals surface area contributed by atoms with Crippen LogP contribution in [0.15, 0.2) is 58.3 Å². The number of nitrogens with zero attached hydrogens (tertiary/aromatic N) is 2. The lowest BCUT2D eigenvalue weighted by molar-refractivity contribution is 0.573. The van der Waals surface area contributed by atoms with Gasteiger partial charge in [-0.2, -0.15) is 4.98 Å². The van der Waals surface area contributed by atoms with Crippen molar-refractivity contribution in [2.75, 3.05) is 30.4 Å². The van der Waals surface area contributed by atoms with Crippen molar-refractivity contribution in [3.8, 4) is 11.3 Å². The lowest BCUT2D eigenvalue weighted by Crippen LogP contribution is -2.27. The normalized spacial score (nSPS) is 12.0. The number of aryl methyl sites for hydroxylation is 1. The molecule has 9 nitrogen and oxygen atoms in total. The Hall–Kier alpha value is -3.02. The summed E-state index contributed by atoms with van der Waals surface area (Å²) in [5, 5.41) is 3.13. The predicted molar refractivity (Wildman–Crippen MR) is 129 cm³/mol. The fourth-order valence-electron chi connectivity index (χ4n) is 3.29. The van der Waals surface area contributed by atoms with Crippen LogP contribution < -0.4 is 15.8 Å². The van der Waals surface area contributed by atoms with Crippen molar-refractivity contribution in [2.45, 2.75) is 30.1 Å². The Labute approximate surface area is 194 Å². The second-order valence-electron chi connectivity index (χ2n) is 7.64. The molecule has 0 amide bonds. The molecule has 2 aromatic carbocycles. The van der Waals surface area contributed by atoms with Crippen molar-refractivity contribution in [3.63, 3.8) is 0 Å². The van der Waals surface area contributed by atoms with E-state index < -0.39 is 19.9 Å². The average molecular weight is 490 g/mol. The molecule has 0 bridgehead atoms. The van der Waals surface area contributed by atoms with Crippen LogP contribution in [-0.2, 0) is 19.9 Å². The first kappa shape index (κ1) is 24.6. The second-order valence-corrected chi connectivity index (χ2v) is 11.4. The van der Waals surface area contributed by atoms with E-state index in [9.17, 15) is 16.8 Å². The number of nitrogen functional groups attached to an aromatic ring is 1. The number of nitrogens with one attached hydrogen (secondary N) is 2. The summed E-state index contributed by atoms with van der Waals surface area (Å²) in [6, 6.07) is 13.3. The number of sulfone groups is 1. The third-order valence-corrected chi connectivity index (χ3v) is 7.92.